The third-order valence-electron chi connectivity index (χ3n) is 3.30. The van der Waals surface area contributed by atoms with E-state index in [1.54, 1.807) is 11.9 Å². The maximum absolute atomic E-state index is 12.3. The Bertz CT molecular complexity index is 555. The minimum atomic E-state index is -0.190. The Kier molecular flexibility index (Phi) is 2.91. The molecule has 0 radical (unpaired) electrons. The van der Waals surface area contributed by atoms with Crippen LogP contribution in [0.3, 0.4) is 0 Å². The van der Waals surface area contributed by atoms with E-state index in [-0.39, 0.29) is 11.9 Å². The first-order valence-electron chi connectivity index (χ1n) is 6.17. The number of rotatable bonds is 3. The number of likely N-dealkylation sites (N-methyl/N-ethyl adjacent to an activating group) is 1. The molecule has 0 bridgehead atoms. The second kappa shape index (κ2) is 4.72. The first-order chi connectivity index (χ1) is 9.24. The highest BCUT2D eigenvalue weighted by Gasteiger charge is 2.28. The summed E-state index contributed by atoms with van der Waals surface area (Å²) < 4.78 is 0. The Morgan fingerprint density at radius 1 is 1.47 bits per heavy atom. The van der Waals surface area contributed by atoms with E-state index in [4.69, 9.17) is 0 Å². The molecule has 6 nitrogen and oxygen atoms in total. The fourth-order valence-corrected chi connectivity index (χ4v) is 2.32. The molecule has 0 spiro atoms. The number of para-hydroxylation sites is 1. The van der Waals surface area contributed by atoms with Crippen LogP contribution < -0.4 is 5.32 Å². The van der Waals surface area contributed by atoms with Gasteiger partial charge in [0, 0.05) is 19.2 Å². The van der Waals surface area contributed by atoms with Crippen LogP contribution in [0.15, 0.2) is 30.6 Å². The van der Waals surface area contributed by atoms with Gasteiger partial charge in [0.1, 0.15) is 18.2 Å². The Morgan fingerprint density at radius 2 is 2.32 bits per heavy atom. The summed E-state index contributed by atoms with van der Waals surface area (Å²) in [7, 11) is 1.77. The van der Waals surface area contributed by atoms with Gasteiger partial charge in [-0.05, 0) is 11.6 Å². The molecule has 3 rings (SSSR count). The monoisotopic (exact) mass is 257 g/mol. The van der Waals surface area contributed by atoms with Crippen molar-refractivity contribution in [2.75, 3.05) is 12.4 Å². The number of hydrogen-bond donors (Lipinski definition) is 2. The first-order valence-corrected chi connectivity index (χ1v) is 6.17. The zero-order chi connectivity index (χ0) is 13.2. The normalized spacial score (nSPS) is 16.8. The lowest BCUT2D eigenvalue weighted by Crippen LogP contribution is -2.39. The summed E-state index contributed by atoms with van der Waals surface area (Å²) in [6.45, 7) is 0.438. The third-order valence-corrected chi connectivity index (χ3v) is 3.30. The molecule has 0 aliphatic carbocycles. The van der Waals surface area contributed by atoms with Crippen molar-refractivity contribution < 1.29 is 4.79 Å². The topological polar surface area (TPSA) is 73.9 Å². The molecule has 2 N–H and O–H groups in total. The molecule has 6 heteroatoms. The molecule has 19 heavy (non-hydrogen) atoms. The molecule has 0 saturated carbocycles. The quantitative estimate of drug-likeness (QED) is 0.853. The van der Waals surface area contributed by atoms with Crippen LogP contribution in [0.4, 0.5) is 5.69 Å². The highest BCUT2D eigenvalue weighted by Crippen LogP contribution is 2.25. The second-order valence-electron chi connectivity index (χ2n) is 4.68. The van der Waals surface area contributed by atoms with Crippen molar-refractivity contribution in [2.45, 2.75) is 19.0 Å². The molecule has 1 aliphatic heterocycles. The van der Waals surface area contributed by atoms with E-state index in [1.807, 2.05) is 24.3 Å². The lowest BCUT2D eigenvalue weighted by molar-refractivity contribution is -0.131. The van der Waals surface area contributed by atoms with Crippen LogP contribution in [0.25, 0.3) is 0 Å². The summed E-state index contributed by atoms with van der Waals surface area (Å²) in [6, 6.07) is 7.82. The molecule has 1 aromatic carbocycles. The molecule has 0 saturated heterocycles. The van der Waals surface area contributed by atoms with Gasteiger partial charge in [0.25, 0.3) is 0 Å². The standard InChI is InChI=1S/C13H15N5O/c1-18(7-12-14-8-15-17-12)13(19)11-6-9-4-2-3-5-10(9)16-11/h2-5,8,11,16H,6-7H2,1H3,(H,14,15,17)/t11-/m0/s1. The van der Waals surface area contributed by atoms with Crippen LogP contribution >= 0.6 is 0 Å². The SMILES string of the molecule is CN(Cc1ncn[nH]1)C(=O)[C@@H]1Cc2ccccc2N1. The van der Waals surface area contributed by atoms with E-state index in [0.29, 0.717) is 12.4 Å². The van der Waals surface area contributed by atoms with E-state index in [1.165, 1.54) is 11.9 Å². The van der Waals surface area contributed by atoms with Gasteiger partial charge < -0.3 is 10.2 Å². The van der Waals surface area contributed by atoms with Crippen molar-refractivity contribution in [2.24, 2.45) is 0 Å². The van der Waals surface area contributed by atoms with Crippen molar-refractivity contribution >= 4 is 11.6 Å². The number of aromatic amines is 1. The highest BCUT2D eigenvalue weighted by atomic mass is 16.2. The van der Waals surface area contributed by atoms with Crippen LogP contribution in [0.1, 0.15) is 11.4 Å². The van der Waals surface area contributed by atoms with Gasteiger partial charge in [-0.15, -0.1) is 0 Å². The zero-order valence-corrected chi connectivity index (χ0v) is 10.6. The highest BCUT2D eigenvalue weighted by molar-refractivity contribution is 5.87. The summed E-state index contributed by atoms with van der Waals surface area (Å²) in [5.41, 5.74) is 2.24. The number of anilines is 1. The number of carbonyl (C=O) groups is 1. The second-order valence-corrected chi connectivity index (χ2v) is 4.68. The van der Waals surface area contributed by atoms with Crippen LogP contribution in [0.2, 0.25) is 0 Å². The van der Waals surface area contributed by atoms with Gasteiger partial charge >= 0.3 is 0 Å². The number of nitrogens with one attached hydrogen (secondary N) is 2. The molecule has 2 aromatic rings. The predicted octanol–water partition coefficient (Wildman–Crippen LogP) is 0.800. The molecule has 1 aromatic heterocycles. The first kappa shape index (κ1) is 11.7. The van der Waals surface area contributed by atoms with E-state index in [9.17, 15) is 4.79 Å². The summed E-state index contributed by atoms with van der Waals surface area (Å²) in [5.74, 6) is 0.749. The lowest BCUT2D eigenvalue weighted by atomic mass is 10.1. The molecule has 0 unspecified atom stereocenters. The molecular weight excluding hydrogens is 242 g/mol. The van der Waals surface area contributed by atoms with Gasteiger partial charge in [0.05, 0.1) is 6.54 Å². The third kappa shape index (κ3) is 2.29. The lowest BCUT2D eigenvalue weighted by Gasteiger charge is -2.20. The molecule has 0 fully saturated rings. The van der Waals surface area contributed by atoms with Gasteiger partial charge in [0.2, 0.25) is 5.91 Å². The number of H-pyrrole nitrogens is 1. The summed E-state index contributed by atoms with van der Waals surface area (Å²) in [6.07, 6.45) is 2.17. The maximum atomic E-state index is 12.3. The van der Waals surface area contributed by atoms with Gasteiger partial charge in [0.15, 0.2) is 0 Å². The molecule has 98 valence electrons. The van der Waals surface area contributed by atoms with Crippen molar-refractivity contribution in [3.8, 4) is 0 Å². The Morgan fingerprint density at radius 3 is 3.05 bits per heavy atom. The Hall–Kier alpha value is -2.37. The van der Waals surface area contributed by atoms with Crippen LogP contribution in [-0.2, 0) is 17.8 Å². The minimum Gasteiger partial charge on any atom is -0.373 e. The van der Waals surface area contributed by atoms with Gasteiger partial charge in [-0.2, -0.15) is 5.10 Å². The van der Waals surface area contributed by atoms with Crippen LogP contribution in [0.5, 0.6) is 0 Å². The van der Waals surface area contributed by atoms with E-state index in [2.05, 4.69) is 20.5 Å². The minimum absolute atomic E-state index is 0.0626. The van der Waals surface area contributed by atoms with Gasteiger partial charge in [-0.1, -0.05) is 18.2 Å². The van der Waals surface area contributed by atoms with Crippen LogP contribution in [-0.4, -0.2) is 39.1 Å². The van der Waals surface area contributed by atoms with E-state index >= 15 is 0 Å². The zero-order valence-electron chi connectivity index (χ0n) is 10.6. The average molecular weight is 257 g/mol. The number of aromatic nitrogens is 3. The fourth-order valence-electron chi connectivity index (χ4n) is 2.32. The largest absolute Gasteiger partial charge is 0.373 e. The van der Waals surface area contributed by atoms with Gasteiger partial charge in [-0.3, -0.25) is 9.89 Å². The van der Waals surface area contributed by atoms with E-state index in [0.717, 1.165) is 12.1 Å². The number of fused-ring (bicyclic) bond motifs is 1. The fraction of sp³-hybridized carbons (Fsp3) is 0.308. The number of hydrogen-bond acceptors (Lipinski definition) is 4. The summed E-state index contributed by atoms with van der Waals surface area (Å²) in [5, 5.41) is 9.79. The maximum Gasteiger partial charge on any atom is 0.245 e. The molecule has 1 atom stereocenters. The predicted molar refractivity (Wildman–Crippen MR) is 70.4 cm³/mol. The Balaban J connectivity index is 1.66. The number of carbonyl (C=O) groups excluding carboxylic acids is 1. The average Bonchev–Trinajstić information content (AvgIpc) is 3.05. The molecule has 1 amide bonds. The van der Waals surface area contributed by atoms with Crippen molar-refractivity contribution in [1.82, 2.24) is 20.1 Å². The smallest absolute Gasteiger partial charge is 0.245 e. The number of amides is 1. The summed E-state index contributed by atoms with van der Waals surface area (Å²) in [4.78, 5) is 18.0. The van der Waals surface area contributed by atoms with Crippen LogP contribution in [0, 0.1) is 0 Å². The summed E-state index contributed by atoms with van der Waals surface area (Å²) >= 11 is 0. The van der Waals surface area contributed by atoms with Crippen molar-refractivity contribution in [3.05, 3.63) is 42.0 Å². The number of nitrogens with zero attached hydrogens (tertiary/aromatic N) is 3. The molecular formula is C13H15N5O. The van der Waals surface area contributed by atoms with Crippen molar-refractivity contribution in [3.63, 3.8) is 0 Å². The van der Waals surface area contributed by atoms with E-state index < -0.39 is 0 Å². The van der Waals surface area contributed by atoms with Crippen molar-refractivity contribution in [1.29, 1.82) is 0 Å². The molecule has 2 heterocycles. The Labute approximate surface area is 110 Å². The molecule has 1 aliphatic rings. The van der Waals surface area contributed by atoms with Gasteiger partial charge in [-0.25, -0.2) is 4.98 Å². The number of benzene rings is 1.